The van der Waals surface area contributed by atoms with Crippen LogP contribution in [0.4, 0.5) is 10.1 Å². The van der Waals surface area contributed by atoms with Gasteiger partial charge in [-0.15, -0.1) is 0 Å². The molecule has 144 valence electrons. The molecule has 0 radical (unpaired) electrons. The van der Waals surface area contributed by atoms with Gasteiger partial charge >= 0.3 is 5.97 Å². The first-order valence-corrected chi connectivity index (χ1v) is 9.35. The number of thioether (sulfide) groups is 1. The maximum atomic E-state index is 13.5. The van der Waals surface area contributed by atoms with Gasteiger partial charge in [0, 0.05) is 5.56 Å². The molecule has 0 saturated carbocycles. The van der Waals surface area contributed by atoms with Crippen molar-refractivity contribution < 1.29 is 24.1 Å². The summed E-state index contributed by atoms with van der Waals surface area (Å²) >= 11 is 1.04. The summed E-state index contributed by atoms with van der Waals surface area (Å²) in [6.07, 6.45) is 1.57. The summed E-state index contributed by atoms with van der Waals surface area (Å²) in [5.41, 5.74) is 1.38. The average molecular weight is 399 g/mol. The van der Waals surface area contributed by atoms with Crippen LogP contribution in [0.2, 0.25) is 0 Å². The molecule has 0 amide bonds. The molecule has 0 fully saturated rings. The number of aromatic hydroxyl groups is 1. The van der Waals surface area contributed by atoms with Gasteiger partial charge in [0.25, 0.3) is 0 Å². The lowest BCUT2D eigenvalue weighted by Crippen LogP contribution is -2.12. The average Bonchev–Trinajstić information content (AvgIpc) is 2.94. The van der Waals surface area contributed by atoms with E-state index in [0.29, 0.717) is 21.7 Å². The maximum absolute atomic E-state index is 13.5. The highest BCUT2D eigenvalue weighted by Crippen LogP contribution is 2.41. The summed E-state index contributed by atoms with van der Waals surface area (Å²) in [5, 5.41) is 21.0. The number of phenols is 1. The van der Waals surface area contributed by atoms with Crippen molar-refractivity contribution in [2.24, 2.45) is 4.99 Å². The minimum absolute atomic E-state index is 0.0802. The number of hydrogen-bond acceptors (Lipinski definition) is 6. The Kier molecular flexibility index (Phi) is 5.84. The molecule has 2 aromatic carbocycles. The Morgan fingerprint density at radius 2 is 2.00 bits per heavy atom. The van der Waals surface area contributed by atoms with Gasteiger partial charge in [-0.05, 0) is 43.7 Å². The van der Waals surface area contributed by atoms with Gasteiger partial charge in [0.05, 0.1) is 17.2 Å². The molecule has 0 aliphatic carbocycles. The van der Waals surface area contributed by atoms with Crippen molar-refractivity contribution in [1.29, 1.82) is 0 Å². The number of nitrogens with zero attached hydrogens (tertiary/aromatic N) is 1. The number of aliphatic hydroxyl groups is 1. The number of aliphatic hydroxyl groups excluding tert-OH is 1. The van der Waals surface area contributed by atoms with E-state index in [1.807, 2.05) is 0 Å². The first-order valence-electron chi connectivity index (χ1n) is 8.54. The molecule has 0 bridgehead atoms. The van der Waals surface area contributed by atoms with Gasteiger partial charge in [-0.3, -0.25) is 0 Å². The summed E-state index contributed by atoms with van der Waals surface area (Å²) in [7, 11) is 0. The van der Waals surface area contributed by atoms with Crippen LogP contribution in [0, 0.1) is 12.7 Å². The summed E-state index contributed by atoms with van der Waals surface area (Å²) < 4.78 is 18.5. The van der Waals surface area contributed by atoms with Gasteiger partial charge in [-0.25, -0.2) is 14.2 Å². The number of carbonyl (C=O) groups excluding carboxylic acids is 1. The number of rotatable bonds is 4. The van der Waals surface area contributed by atoms with E-state index in [1.54, 1.807) is 44.2 Å². The molecule has 1 heterocycles. The summed E-state index contributed by atoms with van der Waals surface area (Å²) in [6, 6.07) is 10.8. The highest BCUT2D eigenvalue weighted by molar-refractivity contribution is 8.18. The Balaban J connectivity index is 2.08. The number of phenolic OH excluding ortho intramolecular Hbond substituents is 1. The molecule has 0 unspecified atom stereocenters. The number of para-hydroxylation sites is 1. The zero-order valence-corrected chi connectivity index (χ0v) is 16.1. The molecule has 3 rings (SSSR count). The molecule has 0 aromatic heterocycles. The SMILES string of the molecule is CCOC(=O)C1=C(O)C(=Cc2cccc(C)c2O)SC1=Nc1cccc(F)c1. The molecular weight excluding hydrogens is 381 g/mol. The summed E-state index contributed by atoms with van der Waals surface area (Å²) in [4.78, 5) is 17.0. The molecule has 0 spiro atoms. The first-order chi connectivity index (χ1) is 13.4. The van der Waals surface area contributed by atoms with Crippen LogP contribution < -0.4 is 0 Å². The number of esters is 1. The third-order valence-corrected chi connectivity index (χ3v) is 4.98. The second-order valence-corrected chi connectivity index (χ2v) is 6.99. The van der Waals surface area contributed by atoms with E-state index in [2.05, 4.69) is 4.99 Å². The minimum atomic E-state index is -0.723. The molecule has 2 aromatic rings. The molecular formula is C21H18FNO4S. The molecule has 7 heteroatoms. The van der Waals surface area contributed by atoms with Crippen molar-refractivity contribution >= 4 is 34.5 Å². The highest BCUT2D eigenvalue weighted by Gasteiger charge is 2.33. The monoisotopic (exact) mass is 399 g/mol. The lowest BCUT2D eigenvalue weighted by molar-refractivity contribution is -0.138. The summed E-state index contributed by atoms with van der Waals surface area (Å²) in [6.45, 7) is 3.55. The highest BCUT2D eigenvalue weighted by atomic mass is 32.2. The number of halogens is 1. The molecule has 1 aliphatic heterocycles. The molecule has 0 atom stereocenters. The van der Waals surface area contributed by atoms with Crippen LogP contribution in [-0.4, -0.2) is 27.8 Å². The zero-order chi connectivity index (χ0) is 20.3. The number of carbonyl (C=O) groups is 1. The van der Waals surface area contributed by atoms with E-state index < -0.39 is 11.8 Å². The van der Waals surface area contributed by atoms with E-state index in [9.17, 15) is 19.4 Å². The molecule has 2 N–H and O–H groups in total. The second kappa shape index (κ2) is 8.31. The zero-order valence-electron chi connectivity index (χ0n) is 15.3. The topological polar surface area (TPSA) is 79.1 Å². The van der Waals surface area contributed by atoms with Crippen LogP contribution in [0.5, 0.6) is 5.75 Å². The molecule has 1 aliphatic rings. The van der Waals surface area contributed by atoms with E-state index in [4.69, 9.17) is 4.74 Å². The van der Waals surface area contributed by atoms with Crippen molar-refractivity contribution in [1.82, 2.24) is 0 Å². The predicted octanol–water partition coefficient (Wildman–Crippen LogP) is 5.03. The number of aryl methyl sites for hydroxylation is 1. The van der Waals surface area contributed by atoms with Crippen LogP contribution in [-0.2, 0) is 9.53 Å². The Hall–Kier alpha value is -3.06. The van der Waals surface area contributed by atoms with E-state index in [-0.39, 0.29) is 28.7 Å². The van der Waals surface area contributed by atoms with Gasteiger partial charge < -0.3 is 14.9 Å². The normalized spacial score (nSPS) is 16.8. The maximum Gasteiger partial charge on any atom is 0.344 e. The number of hydrogen-bond donors (Lipinski definition) is 2. The Bertz CT molecular complexity index is 1030. The molecule has 28 heavy (non-hydrogen) atoms. The fourth-order valence-corrected chi connectivity index (χ4v) is 3.62. The molecule has 0 saturated heterocycles. The largest absolute Gasteiger partial charge is 0.507 e. The van der Waals surface area contributed by atoms with E-state index >= 15 is 0 Å². The minimum Gasteiger partial charge on any atom is -0.507 e. The van der Waals surface area contributed by atoms with E-state index in [1.165, 1.54) is 18.2 Å². The van der Waals surface area contributed by atoms with Gasteiger partial charge in [-0.2, -0.15) is 0 Å². The first kappa shape index (κ1) is 19.7. The van der Waals surface area contributed by atoms with Gasteiger partial charge in [0.15, 0.2) is 0 Å². The fraction of sp³-hybridized carbons (Fsp3) is 0.143. The van der Waals surface area contributed by atoms with Gasteiger partial charge in [0.2, 0.25) is 0 Å². The number of ether oxygens (including phenoxy) is 1. The van der Waals surface area contributed by atoms with Crippen LogP contribution in [0.15, 0.2) is 63.7 Å². The fourth-order valence-electron chi connectivity index (χ4n) is 2.59. The van der Waals surface area contributed by atoms with Crippen molar-refractivity contribution in [2.45, 2.75) is 13.8 Å². The Labute approximate surface area is 165 Å². The standard InChI is InChI=1S/C21H18FNO4S/c1-3-27-21(26)17-19(25)16(10-13-7-4-6-12(2)18(13)24)28-20(17)23-15-9-5-8-14(22)11-15/h4-11,24-25H,3H2,1-2H3. The smallest absolute Gasteiger partial charge is 0.344 e. The Morgan fingerprint density at radius 1 is 1.25 bits per heavy atom. The van der Waals surface area contributed by atoms with Gasteiger partial charge in [-0.1, -0.05) is 36.0 Å². The van der Waals surface area contributed by atoms with Crippen LogP contribution in [0.25, 0.3) is 6.08 Å². The quantitative estimate of drug-likeness (QED) is 0.705. The van der Waals surface area contributed by atoms with Crippen molar-refractivity contribution in [2.75, 3.05) is 6.61 Å². The summed E-state index contributed by atoms with van der Waals surface area (Å²) in [5.74, 6) is -1.40. The number of aliphatic imine (C=N–C) groups is 1. The number of benzene rings is 2. The van der Waals surface area contributed by atoms with Crippen LogP contribution in [0.1, 0.15) is 18.1 Å². The lowest BCUT2D eigenvalue weighted by atomic mass is 10.1. The second-order valence-electron chi connectivity index (χ2n) is 5.96. The third kappa shape index (κ3) is 4.09. The Morgan fingerprint density at radius 3 is 2.71 bits per heavy atom. The molecule has 5 nitrogen and oxygen atoms in total. The van der Waals surface area contributed by atoms with Crippen molar-refractivity contribution in [3.63, 3.8) is 0 Å². The predicted molar refractivity (Wildman–Crippen MR) is 108 cm³/mol. The van der Waals surface area contributed by atoms with E-state index in [0.717, 1.165) is 11.8 Å². The van der Waals surface area contributed by atoms with Crippen LogP contribution >= 0.6 is 11.8 Å². The third-order valence-electron chi connectivity index (χ3n) is 3.96. The van der Waals surface area contributed by atoms with Crippen molar-refractivity contribution in [3.05, 3.63) is 75.6 Å². The lowest BCUT2D eigenvalue weighted by Gasteiger charge is -2.04. The van der Waals surface area contributed by atoms with Crippen LogP contribution in [0.3, 0.4) is 0 Å². The van der Waals surface area contributed by atoms with Crippen molar-refractivity contribution in [3.8, 4) is 5.75 Å². The van der Waals surface area contributed by atoms with Gasteiger partial charge in [0.1, 0.15) is 27.9 Å².